The van der Waals surface area contributed by atoms with Gasteiger partial charge in [-0.3, -0.25) is 0 Å². The summed E-state index contributed by atoms with van der Waals surface area (Å²) in [5.41, 5.74) is 1.96. The van der Waals surface area contributed by atoms with Crippen molar-refractivity contribution in [1.82, 2.24) is 0 Å². The van der Waals surface area contributed by atoms with Crippen molar-refractivity contribution in [1.29, 1.82) is 0 Å². The molecule has 2 aromatic rings. The smallest absolute Gasteiger partial charge is 0.344 e. The van der Waals surface area contributed by atoms with Gasteiger partial charge in [0.1, 0.15) is 22.1 Å². The van der Waals surface area contributed by atoms with E-state index < -0.39 is 5.97 Å². The minimum Gasteiger partial charge on any atom is -0.508 e. The van der Waals surface area contributed by atoms with E-state index >= 15 is 0 Å². The standard InChI is InChI=1S/C22H21NO6S/c1-12-9-13(5-7-15(12)24)10-18-20(25)19(22(26)29-4)21(30-18)23-14-6-8-16(27-2)17(11-14)28-3/h5-11,24-25H,1-4H3. The number of carbonyl (C=O) groups is 1. The summed E-state index contributed by atoms with van der Waals surface area (Å²) in [6.07, 6.45) is 1.71. The number of aliphatic hydroxyl groups is 1. The molecule has 0 fully saturated rings. The molecule has 1 aliphatic heterocycles. The molecule has 7 nitrogen and oxygen atoms in total. The maximum atomic E-state index is 12.3. The quantitative estimate of drug-likeness (QED) is 0.677. The van der Waals surface area contributed by atoms with Crippen molar-refractivity contribution in [3.05, 3.63) is 63.8 Å². The van der Waals surface area contributed by atoms with Crippen LogP contribution in [0.1, 0.15) is 11.1 Å². The van der Waals surface area contributed by atoms with E-state index in [4.69, 9.17) is 14.2 Å². The minimum atomic E-state index is -0.690. The molecule has 0 spiro atoms. The highest BCUT2D eigenvalue weighted by atomic mass is 32.2. The van der Waals surface area contributed by atoms with Gasteiger partial charge in [-0.05, 0) is 48.4 Å². The number of rotatable bonds is 5. The van der Waals surface area contributed by atoms with Gasteiger partial charge in [0, 0.05) is 6.07 Å². The summed E-state index contributed by atoms with van der Waals surface area (Å²) < 4.78 is 15.4. The van der Waals surface area contributed by atoms with Gasteiger partial charge in [-0.2, -0.15) is 0 Å². The van der Waals surface area contributed by atoms with Crippen molar-refractivity contribution in [3.63, 3.8) is 0 Å². The summed E-state index contributed by atoms with van der Waals surface area (Å²) >= 11 is 1.15. The van der Waals surface area contributed by atoms with Gasteiger partial charge in [0.05, 0.1) is 31.9 Å². The molecule has 2 aromatic carbocycles. The van der Waals surface area contributed by atoms with Crippen molar-refractivity contribution in [2.45, 2.75) is 6.92 Å². The Bertz CT molecular complexity index is 1090. The van der Waals surface area contributed by atoms with Crippen LogP contribution in [0, 0.1) is 6.92 Å². The largest absolute Gasteiger partial charge is 0.508 e. The van der Waals surface area contributed by atoms with Crippen LogP contribution in [0.3, 0.4) is 0 Å². The number of thioether (sulfide) groups is 1. The number of methoxy groups -OCH3 is 3. The SMILES string of the molecule is COC(=O)C1=C(O)C(=Cc2ccc(O)c(C)c2)SC1=Nc1ccc(OC)c(OC)c1. The molecule has 2 N–H and O–H groups in total. The number of nitrogens with zero attached hydrogens (tertiary/aromatic N) is 1. The fraction of sp³-hybridized carbons (Fsp3) is 0.182. The first-order valence-electron chi connectivity index (χ1n) is 8.90. The summed E-state index contributed by atoms with van der Waals surface area (Å²) in [4.78, 5) is 17.3. The Morgan fingerprint density at radius 2 is 1.77 bits per heavy atom. The number of aliphatic hydroxyl groups excluding tert-OH is 1. The minimum absolute atomic E-state index is 0.0148. The van der Waals surface area contributed by atoms with Gasteiger partial charge < -0.3 is 24.4 Å². The van der Waals surface area contributed by atoms with Crippen molar-refractivity contribution < 1.29 is 29.2 Å². The lowest BCUT2D eigenvalue weighted by Crippen LogP contribution is -2.10. The molecular weight excluding hydrogens is 406 g/mol. The Balaban J connectivity index is 2.05. The lowest BCUT2D eigenvalue weighted by atomic mass is 10.1. The summed E-state index contributed by atoms with van der Waals surface area (Å²) in [6.45, 7) is 1.78. The van der Waals surface area contributed by atoms with Crippen LogP contribution in [-0.2, 0) is 9.53 Å². The van der Waals surface area contributed by atoms with E-state index in [9.17, 15) is 15.0 Å². The molecule has 0 aliphatic carbocycles. The van der Waals surface area contributed by atoms with Gasteiger partial charge in [0.25, 0.3) is 0 Å². The van der Waals surface area contributed by atoms with Crippen LogP contribution in [-0.4, -0.2) is 42.6 Å². The zero-order valence-electron chi connectivity index (χ0n) is 16.9. The number of ether oxygens (including phenoxy) is 3. The third-order valence-corrected chi connectivity index (χ3v) is 5.42. The first-order valence-corrected chi connectivity index (χ1v) is 9.71. The molecule has 1 heterocycles. The first-order chi connectivity index (χ1) is 14.4. The number of esters is 1. The molecular formula is C22H21NO6S. The third-order valence-electron chi connectivity index (χ3n) is 4.40. The predicted molar refractivity (Wildman–Crippen MR) is 117 cm³/mol. The number of aliphatic imine (C=N–C) groups is 1. The summed E-state index contributed by atoms with van der Waals surface area (Å²) in [5, 5.41) is 20.7. The molecule has 0 saturated carbocycles. The van der Waals surface area contributed by atoms with E-state index in [-0.39, 0.29) is 17.1 Å². The lowest BCUT2D eigenvalue weighted by Gasteiger charge is -2.08. The second kappa shape index (κ2) is 8.96. The molecule has 0 amide bonds. The molecule has 0 unspecified atom stereocenters. The molecule has 0 aromatic heterocycles. The van der Waals surface area contributed by atoms with Crippen molar-refractivity contribution in [2.75, 3.05) is 21.3 Å². The maximum absolute atomic E-state index is 12.3. The monoisotopic (exact) mass is 427 g/mol. The molecule has 0 bridgehead atoms. The molecule has 8 heteroatoms. The third kappa shape index (κ3) is 4.28. The van der Waals surface area contributed by atoms with Gasteiger partial charge in [-0.25, -0.2) is 9.79 Å². The van der Waals surface area contributed by atoms with Crippen LogP contribution >= 0.6 is 11.8 Å². The first kappa shape index (κ1) is 21.3. The van der Waals surface area contributed by atoms with Gasteiger partial charge in [0.15, 0.2) is 11.5 Å². The molecule has 0 radical (unpaired) electrons. The fourth-order valence-corrected chi connectivity index (χ4v) is 3.86. The van der Waals surface area contributed by atoms with E-state index in [1.54, 1.807) is 49.4 Å². The van der Waals surface area contributed by atoms with Crippen LogP contribution in [0.25, 0.3) is 6.08 Å². The van der Waals surface area contributed by atoms with Crippen LogP contribution in [0.5, 0.6) is 17.2 Å². The number of carbonyl (C=O) groups excluding carboxylic acids is 1. The summed E-state index contributed by atoms with van der Waals surface area (Å²) in [5.74, 6) is 0.323. The van der Waals surface area contributed by atoms with Crippen molar-refractivity contribution in [2.24, 2.45) is 4.99 Å². The number of aromatic hydroxyl groups is 1. The molecule has 30 heavy (non-hydrogen) atoms. The highest BCUT2D eigenvalue weighted by molar-refractivity contribution is 8.18. The van der Waals surface area contributed by atoms with Crippen LogP contribution in [0.2, 0.25) is 0 Å². The highest BCUT2D eigenvalue weighted by Gasteiger charge is 2.33. The Morgan fingerprint density at radius 1 is 1.03 bits per heavy atom. The normalized spacial score (nSPS) is 16.3. The predicted octanol–water partition coefficient (Wildman–Crippen LogP) is 4.52. The van der Waals surface area contributed by atoms with Crippen molar-refractivity contribution in [3.8, 4) is 17.2 Å². The number of aryl methyl sites for hydroxylation is 1. The fourth-order valence-electron chi connectivity index (χ4n) is 2.82. The van der Waals surface area contributed by atoms with Crippen LogP contribution < -0.4 is 9.47 Å². The van der Waals surface area contributed by atoms with Crippen molar-refractivity contribution >= 4 is 34.5 Å². The Kier molecular flexibility index (Phi) is 6.37. The van der Waals surface area contributed by atoms with E-state index in [2.05, 4.69) is 4.99 Å². The second-order valence-corrected chi connectivity index (χ2v) is 7.36. The number of phenolic OH excluding ortho intramolecular Hbond substituents is 1. The number of hydrogen-bond donors (Lipinski definition) is 2. The van der Waals surface area contributed by atoms with Crippen LogP contribution in [0.4, 0.5) is 5.69 Å². The number of benzene rings is 2. The van der Waals surface area contributed by atoms with E-state index in [0.29, 0.717) is 32.7 Å². The lowest BCUT2D eigenvalue weighted by molar-refractivity contribution is -0.135. The number of hydrogen-bond acceptors (Lipinski definition) is 8. The average molecular weight is 427 g/mol. The van der Waals surface area contributed by atoms with Gasteiger partial charge in [0.2, 0.25) is 0 Å². The Morgan fingerprint density at radius 3 is 2.40 bits per heavy atom. The molecule has 1 aliphatic rings. The molecule has 3 rings (SSSR count). The van der Waals surface area contributed by atoms with E-state index in [0.717, 1.165) is 17.3 Å². The molecule has 156 valence electrons. The summed E-state index contributed by atoms with van der Waals surface area (Å²) in [6, 6.07) is 10.1. The summed E-state index contributed by atoms with van der Waals surface area (Å²) in [7, 11) is 4.30. The van der Waals surface area contributed by atoms with Crippen LogP contribution in [0.15, 0.2) is 57.6 Å². The second-order valence-electron chi connectivity index (χ2n) is 6.33. The molecule has 0 saturated heterocycles. The topological polar surface area (TPSA) is 97.6 Å². The zero-order valence-corrected chi connectivity index (χ0v) is 17.7. The number of phenols is 1. The van der Waals surface area contributed by atoms with Gasteiger partial charge in [-0.15, -0.1) is 0 Å². The van der Waals surface area contributed by atoms with E-state index in [1.807, 2.05) is 0 Å². The highest BCUT2D eigenvalue weighted by Crippen LogP contribution is 2.41. The zero-order chi connectivity index (χ0) is 21.8. The average Bonchev–Trinajstić information content (AvgIpc) is 3.04. The maximum Gasteiger partial charge on any atom is 0.344 e. The van der Waals surface area contributed by atoms with Gasteiger partial charge >= 0.3 is 5.97 Å². The van der Waals surface area contributed by atoms with E-state index in [1.165, 1.54) is 21.3 Å². The Hall–Kier alpha value is -3.39. The molecule has 0 atom stereocenters. The Labute approximate surface area is 178 Å². The van der Waals surface area contributed by atoms with Gasteiger partial charge in [-0.1, -0.05) is 17.8 Å².